The first-order chi connectivity index (χ1) is 17.0. The highest BCUT2D eigenvalue weighted by Crippen LogP contribution is 2.25. The van der Waals surface area contributed by atoms with Gasteiger partial charge < -0.3 is 35.1 Å². The molecule has 11 nitrogen and oxygen atoms in total. The summed E-state index contributed by atoms with van der Waals surface area (Å²) in [6.07, 6.45) is 0.344. The number of morpholine rings is 1. The van der Waals surface area contributed by atoms with Crippen LogP contribution in [0.2, 0.25) is 0 Å². The molecule has 194 valence electrons. The molecule has 2 saturated heterocycles. The Morgan fingerprint density at radius 3 is 2.51 bits per heavy atom. The van der Waals surface area contributed by atoms with Crippen molar-refractivity contribution in [3.8, 4) is 5.75 Å². The van der Waals surface area contributed by atoms with Crippen LogP contribution >= 0.6 is 0 Å². The Bertz CT molecular complexity index is 845. The van der Waals surface area contributed by atoms with Gasteiger partial charge in [0, 0.05) is 58.5 Å². The zero-order chi connectivity index (χ0) is 25.2. The fourth-order valence-electron chi connectivity index (χ4n) is 4.51. The van der Waals surface area contributed by atoms with Crippen molar-refractivity contribution in [1.82, 2.24) is 20.0 Å². The van der Waals surface area contributed by atoms with Gasteiger partial charge in [-0.15, -0.1) is 0 Å². The maximum Gasteiger partial charge on any atom is 0.254 e. The number of nitrogens with zero attached hydrogens (tertiary/aromatic N) is 3. The first-order valence-corrected chi connectivity index (χ1v) is 12.0. The minimum atomic E-state index is -0.691. The summed E-state index contributed by atoms with van der Waals surface area (Å²) in [5, 5.41) is 2.78. The third-order valence-electron chi connectivity index (χ3n) is 6.41. The maximum atomic E-state index is 13.7. The van der Waals surface area contributed by atoms with E-state index in [1.54, 1.807) is 36.3 Å². The van der Waals surface area contributed by atoms with Gasteiger partial charge in [-0.25, -0.2) is 0 Å². The van der Waals surface area contributed by atoms with E-state index in [0.717, 1.165) is 13.1 Å². The van der Waals surface area contributed by atoms with E-state index in [2.05, 4.69) is 10.2 Å². The van der Waals surface area contributed by atoms with Crippen LogP contribution < -0.4 is 15.8 Å². The first-order valence-electron chi connectivity index (χ1n) is 12.0. The van der Waals surface area contributed by atoms with Gasteiger partial charge in [-0.05, 0) is 30.7 Å². The van der Waals surface area contributed by atoms with Gasteiger partial charge in [0.15, 0.2) is 0 Å². The van der Waals surface area contributed by atoms with Gasteiger partial charge in [0.05, 0.1) is 26.4 Å². The summed E-state index contributed by atoms with van der Waals surface area (Å²) in [4.78, 5) is 44.9. The molecular formula is C24H37N5O6. The van der Waals surface area contributed by atoms with Crippen molar-refractivity contribution in [2.24, 2.45) is 5.73 Å². The minimum absolute atomic E-state index is 0.131. The average Bonchev–Trinajstić information content (AvgIpc) is 3.33. The lowest BCUT2D eigenvalue weighted by Crippen LogP contribution is -2.48. The fourth-order valence-corrected chi connectivity index (χ4v) is 4.51. The molecule has 2 aliphatic heterocycles. The Labute approximate surface area is 206 Å². The number of benzene rings is 1. The van der Waals surface area contributed by atoms with E-state index in [-0.39, 0.29) is 36.9 Å². The molecule has 0 aliphatic carbocycles. The number of likely N-dealkylation sites (tertiary alicyclic amines) is 1. The van der Waals surface area contributed by atoms with Crippen molar-refractivity contribution in [3.05, 3.63) is 29.8 Å². The van der Waals surface area contributed by atoms with Crippen LogP contribution in [0.5, 0.6) is 5.75 Å². The second-order valence-electron chi connectivity index (χ2n) is 8.65. The number of nitrogens with one attached hydrogen (secondary N) is 1. The van der Waals surface area contributed by atoms with E-state index in [0.29, 0.717) is 57.1 Å². The Kier molecular flexibility index (Phi) is 10.3. The number of hydrogen-bond acceptors (Lipinski definition) is 8. The summed E-state index contributed by atoms with van der Waals surface area (Å²) in [7, 11) is 3.02. The summed E-state index contributed by atoms with van der Waals surface area (Å²) in [5.74, 6) is -0.0383. The minimum Gasteiger partial charge on any atom is -0.497 e. The molecule has 0 bridgehead atoms. The predicted molar refractivity (Wildman–Crippen MR) is 129 cm³/mol. The Morgan fingerprint density at radius 1 is 1.17 bits per heavy atom. The number of ether oxygens (including phenoxy) is 3. The second-order valence-corrected chi connectivity index (χ2v) is 8.65. The van der Waals surface area contributed by atoms with Crippen LogP contribution in [0.3, 0.4) is 0 Å². The lowest BCUT2D eigenvalue weighted by atomic mass is 10.1. The summed E-state index contributed by atoms with van der Waals surface area (Å²) >= 11 is 0. The van der Waals surface area contributed by atoms with Crippen LogP contribution in [0.25, 0.3) is 0 Å². The quantitative estimate of drug-likeness (QED) is 0.410. The highest BCUT2D eigenvalue weighted by molar-refractivity contribution is 5.95. The smallest absolute Gasteiger partial charge is 0.254 e. The number of carbonyl (C=O) groups excluding carboxylic acids is 3. The van der Waals surface area contributed by atoms with E-state index >= 15 is 0 Å². The van der Waals surface area contributed by atoms with Crippen molar-refractivity contribution in [2.45, 2.75) is 18.5 Å². The summed E-state index contributed by atoms with van der Waals surface area (Å²) in [6.45, 7) is 4.83. The summed E-state index contributed by atoms with van der Waals surface area (Å²) in [6, 6.07) is 5.96. The normalized spacial score (nSPS) is 20.5. The van der Waals surface area contributed by atoms with Crippen LogP contribution in [0, 0.1) is 0 Å². The molecule has 3 amide bonds. The molecule has 2 fully saturated rings. The molecule has 2 aliphatic rings. The zero-order valence-corrected chi connectivity index (χ0v) is 20.6. The van der Waals surface area contributed by atoms with E-state index in [9.17, 15) is 14.4 Å². The molecule has 35 heavy (non-hydrogen) atoms. The van der Waals surface area contributed by atoms with Gasteiger partial charge in [-0.3, -0.25) is 19.3 Å². The van der Waals surface area contributed by atoms with Gasteiger partial charge in [0.2, 0.25) is 11.8 Å². The fraction of sp³-hybridized carbons (Fsp3) is 0.625. The summed E-state index contributed by atoms with van der Waals surface area (Å²) in [5.41, 5.74) is 6.06. The number of amides is 3. The van der Waals surface area contributed by atoms with Gasteiger partial charge in [-0.2, -0.15) is 0 Å². The standard InChI is InChI=1S/C24H37N5O6/c1-33-17-22(30)29-16-19(15-21(29)23(31)26-8-7-25)28(10-9-27-11-13-35-14-12-27)24(32)18-3-5-20(34-2)6-4-18/h3-6,19,21H,7-17,25H2,1-2H3,(H,26,31). The molecule has 2 unspecified atom stereocenters. The molecule has 0 saturated carbocycles. The molecule has 0 spiro atoms. The number of nitrogens with two attached hydrogens (primary N) is 1. The topological polar surface area (TPSA) is 127 Å². The number of carbonyl (C=O) groups is 3. The van der Waals surface area contributed by atoms with Crippen molar-refractivity contribution in [1.29, 1.82) is 0 Å². The average molecular weight is 492 g/mol. The summed E-state index contributed by atoms with van der Waals surface area (Å²) < 4.78 is 15.7. The van der Waals surface area contributed by atoms with Crippen molar-refractivity contribution in [3.63, 3.8) is 0 Å². The third-order valence-corrected chi connectivity index (χ3v) is 6.41. The molecule has 1 aromatic rings. The van der Waals surface area contributed by atoms with E-state index in [1.165, 1.54) is 12.0 Å². The van der Waals surface area contributed by atoms with Crippen LogP contribution in [-0.2, 0) is 19.1 Å². The molecule has 0 radical (unpaired) electrons. The molecule has 2 heterocycles. The van der Waals surface area contributed by atoms with Gasteiger partial charge in [0.25, 0.3) is 5.91 Å². The van der Waals surface area contributed by atoms with E-state index in [1.807, 2.05) is 0 Å². The Balaban J connectivity index is 1.82. The van der Waals surface area contributed by atoms with Crippen LogP contribution in [0.4, 0.5) is 0 Å². The molecule has 1 aromatic carbocycles. The molecule has 3 N–H and O–H groups in total. The molecule has 2 atom stereocenters. The first kappa shape index (κ1) is 26.9. The largest absolute Gasteiger partial charge is 0.497 e. The number of rotatable bonds is 11. The third kappa shape index (κ3) is 7.14. The van der Waals surface area contributed by atoms with Crippen molar-refractivity contribution < 1.29 is 28.6 Å². The van der Waals surface area contributed by atoms with Gasteiger partial charge in [-0.1, -0.05) is 0 Å². The SMILES string of the molecule is COCC(=O)N1CC(N(CCN2CCOCC2)C(=O)c2ccc(OC)cc2)CC1C(=O)NCCN. The van der Waals surface area contributed by atoms with E-state index < -0.39 is 6.04 Å². The molecule has 0 aromatic heterocycles. The number of hydrogen-bond donors (Lipinski definition) is 2. The van der Waals surface area contributed by atoms with Crippen LogP contribution in [-0.4, -0.2) is 124 Å². The van der Waals surface area contributed by atoms with Gasteiger partial charge in [0.1, 0.15) is 18.4 Å². The monoisotopic (exact) mass is 491 g/mol. The highest BCUT2D eigenvalue weighted by atomic mass is 16.5. The Hall–Kier alpha value is -2.73. The van der Waals surface area contributed by atoms with Crippen LogP contribution in [0.15, 0.2) is 24.3 Å². The van der Waals surface area contributed by atoms with Crippen molar-refractivity contribution in [2.75, 3.05) is 79.9 Å². The molecule has 3 rings (SSSR count). The van der Waals surface area contributed by atoms with Crippen molar-refractivity contribution >= 4 is 17.7 Å². The lowest BCUT2D eigenvalue weighted by molar-refractivity contribution is -0.141. The van der Waals surface area contributed by atoms with E-state index in [4.69, 9.17) is 19.9 Å². The number of methoxy groups -OCH3 is 2. The maximum absolute atomic E-state index is 13.7. The highest BCUT2D eigenvalue weighted by Gasteiger charge is 2.43. The predicted octanol–water partition coefficient (Wildman–Crippen LogP) is -0.840. The lowest BCUT2D eigenvalue weighted by Gasteiger charge is -2.33. The molecule has 11 heteroatoms. The second kappa shape index (κ2) is 13.4. The van der Waals surface area contributed by atoms with Gasteiger partial charge >= 0.3 is 0 Å². The van der Waals surface area contributed by atoms with Crippen LogP contribution in [0.1, 0.15) is 16.8 Å². The Morgan fingerprint density at radius 2 is 1.89 bits per heavy atom. The zero-order valence-electron chi connectivity index (χ0n) is 20.6. The molecular weight excluding hydrogens is 454 g/mol.